The molecule has 2 fully saturated rings. The Balaban J connectivity index is 1.79. The zero-order valence-electron chi connectivity index (χ0n) is 20.2. The maximum Gasteiger partial charge on any atom is 0.417 e. The average molecular weight is 459 g/mol. The number of rotatable bonds is 5. The summed E-state index contributed by atoms with van der Waals surface area (Å²) < 4.78 is 16.8. The summed E-state index contributed by atoms with van der Waals surface area (Å²) in [6.07, 6.45) is -1.86. The maximum atomic E-state index is 13.5. The van der Waals surface area contributed by atoms with Gasteiger partial charge in [-0.1, -0.05) is 49.4 Å². The quantitative estimate of drug-likeness (QED) is 0.611. The van der Waals surface area contributed by atoms with Gasteiger partial charge in [0.05, 0.1) is 24.1 Å². The molecule has 1 aromatic carbocycles. The van der Waals surface area contributed by atoms with Crippen LogP contribution in [0.1, 0.15) is 52.7 Å². The van der Waals surface area contributed by atoms with Gasteiger partial charge in [-0.15, -0.1) is 0 Å². The number of carbonyl (C=O) groups is 3. The van der Waals surface area contributed by atoms with Crippen LogP contribution in [0, 0.1) is 5.92 Å². The van der Waals surface area contributed by atoms with Crippen LogP contribution < -0.4 is 0 Å². The average Bonchev–Trinajstić information content (AvgIpc) is 3.26. The van der Waals surface area contributed by atoms with Crippen LogP contribution in [0.15, 0.2) is 42.5 Å². The molecular formula is C25H34N2O6. The number of benzene rings is 1. The fourth-order valence-corrected chi connectivity index (χ4v) is 4.54. The van der Waals surface area contributed by atoms with Crippen molar-refractivity contribution >= 4 is 18.1 Å². The summed E-state index contributed by atoms with van der Waals surface area (Å²) in [4.78, 5) is 41.7. The summed E-state index contributed by atoms with van der Waals surface area (Å²) in [5.41, 5.74) is 1.02. The van der Waals surface area contributed by atoms with Crippen molar-refractivity contribution in [2.45, 2.75) is 70.9 Å². The SMILES string of the molecule is C=C1C[C@@H](C(OC)C(C)C(=O)N2C(=O)O[C@@H](c3ccccc3)[C@H]2C)N(C(=O)OC(C)(C)C)C1. The Labute approximate surface area is 195 Å². The number of nitrogens with zero attached hydrogens (tertiary/aromatic N) is 2. The van der Waals surface area contributed by atoms with E-state index in [0.29, 0.717) is 13.0 Å². The lowest BCUT2D eigenvalue weighted by Crippen LogP contribution is -2.52. The minimum absolute atomic E-state index is 0.332. The van der Waals surface area contributed by atoms with Crippen molar-refractivity contribution in [3.05, 3.63) is 48.0 Å². The molecule has 2 aliphatic rings. The van der Waals surface area contributed by atoms with Gasteiger partial charge in [-0.25, -0.2) is 14.5 Å². The van der Waals surface area contributed by atoms with Crippen molar-refractivity contribution in [2.24, 2.45) is 5.92 Å². The highest BCUT2D eigenvalue weighted by Crippen LogP contribution is 2.35. The van der Waals surface area contributed by atoms with E-state index in [9.17, 15) is 14.4 Å². The van der Waals surface area contributed by atoms with Gasteiger partial charge < -0.3 is 14.2 Å². The zero-order valence-corrected chi connectivity index (χ0v) is 20.2. The summed E-state index contributed by atoms with van der Waals surface area (Å²) in [6.45, 7) is 13.3. The molecule has 0 radical (unpaired) electrons. The van der Waals surface area contributed by atoms with E-state index in [0.717, 1.165) is 16.0 Å². The predicted octanol–water partition coefficient (Wildman–Crippen LogP) is 4.31. The molecule has 180 valence electrons. The first-order chi connectivity index (χ1) is 15.4. The molecule has 0 spiro atoms. The Hall–Kier alpha value is -2.87. The monoisotopic (exact) mass is 458 g/mol. The van der Waals surface area contributed by atoms with Crippen LogP contribution in [0.4, 0.5) is 9.59 Å². The molecule has 2 aliphatic heterocycles. The Bertz CT molecular complexity index is 909. The van der Waals surface area contributed by atoms with Crippen LogP contribution >= 0.6 is 0 Å². The number of hydrogen-bond acceptors (Lipinski definition) is 6. The van der Waals surface area contributed by atoms with Gasteiger partial charge in [-0.05, 0) is 39.7 Å². The van der Waals surface area contributed by atoms with Crippen molar-refractivity contribution in [1.29, 1.82) is 0 Å². The molecule has 0 N–H and O–H groups in total. The molecular weight excluding hydrogens is 424 g/mol. The number of methoxy groups -OCH3 is 1. The van der Waals surface area contributed by atoms with Gasteiger partial charge in [-0.2, -0.15) is 0 Å². The second-order valence-corrected chi connectivity index (χ2v) is 9.78. The Morgan fingerprint density at radius 2 is 1.85 bits per heavy atom. The number of hydrogen-bond donors (Lipinski definition) is 0. The van der Waals surface area contributed by atoms with Crippen LogP contribution in [0.5, 0.6) is 0 Å². The molecule has 0 aromatic heterocycles. The highest BCUT2D eigenvalue weighted by molar-refractivity contribution is 5.95. The number of amides is 3. The van der Waals surface area contributed by atoms with Gasteiger partial charge in [0, 0.05) is 13.7 Å². The second-order valence-electron chi connectivity index (χ2n) is 9.78. The van der Waals surface area contributed by atoms with Gasteiger partial charge in [-0.3, -0.25) is 9.69 Å². The smallest absolute Gasteiger partial charge is 0.417 e. The Morgan fingerprint density at radius 1 is 1.21 bits per heavy atom. The van der Waals surface area contributed by atoms with Gasteiger partial charge in [0.2, 0.25) is 5.91 Å². The van der Waals surface area contributed by atoms with E-state index in [1.165, 1.54) is 7.11 Å². The van der Waals surface area contributed by atoms with Crippen molar-refractivity contribution in [1.82, 2.24) is 9.80 Å². The van der Waals surface area contributed by atoms with E-state index < -0.39 is 53.9 Å². The standard InChI is InChI=1S/C25H34N2O6/c1-15-13-19(26(14-15)23(29)33-25(4,5)6)20(31-7)16(2)22(28)27-17(3)21(32-24(27)30)18-11-9-8-10-12-18/h8-12,16-17,19-21H,1,13-14H2,2-7H3/t16?,17-,19+,20?,21-/m1/s1. The minimum Gasteiger partial charge on any atom is -0.444 e. The highest BCUT2D eigenvalue weighted by atomic mass is 16.6. The Morgan fingerprint density at radius 3 is 2.42 bits per heavy atom. The number of ether oxygens (including phenoxy) is 3. The molecule has 2 saturated heterocycles. The number of carbonyl (C=O) groups excluding carboxylic acids is 3. The van der Waals surface area contributed by atoms with Crippen molar-refractivity contribution in [3.63, 3.8) is 0 Å². The van der Waals surface area contributed by atoms with Gasteiger partial charge >= 0.3 is 12.2 Å². The summed E-state index contributed by atoms with van der Waals surface area (Å²) in [6, 6.07) is 8.43. The number of cyclic esters (lactones) is 1. The fraction of sp³-hybridized carbons (Fsp3) is 0.560. The van der Waals surface area contributed by atoms with Crippen molar-refractivity contribution in [2.75, 3.05) is 13.7 Å². The lowest BCUT2D eigenvalue weighted by molar-refractivity contribution is -0.139. The fourth-order valence-electron chi connectivity index (χ4n) is 4.54. The van der Waals surface area contributed by atoms with E-state index in [-0.39, 0.29) is 0 Å². The molecule has 3 amide bonds. The normalized spacial score (nSPS) is 25.1. The van der Waals surface area contributed by atoms with Gasteiger partial charge in [0.15, 0.2) is 0 Å². The topological polar surface area (TPSA) is 85.4 Å². The molecule has 0 aliphatic carbocycles. The van der Waals surface area contributed by atoms with Gasteiger partial charge in [0.1, 0.15) is 11.7 Å². The summed E-state index contributed by atoms with van der Waals surface area (Å²) >= 11 is 0. The largest absolute Gasteiger partial charge is 0.444 e. The maximum absolute atomic E-state index is 13.5. The third-order valence-corrected chi connectivity index (χ3v) is 6.09. The first kappa shape index (κ1) is 24.8. The summed E-state index contributed by atoms with van der Waals surface area (Å²) in [7, 11) is 1.50. The zero-order chi connectivity index (χ0) is 24.5. The second kappa shape index (κ2) is 9.55. The van der Waals surface area contributed by atoms with Crippen LogP contribution in [-0.4, -0.2) is 65.3 Å². The summed E-state index contributed by atoms with van der Waals surface area (Å²) in [5, 5.41) is 0. The first-order valence-corrected chi connectivity index (χ1v) is 11.2. The van der Waals surface area contributed by atoms with Crippen LogP contribution in [0.2, 0.25) is 0 Å². The van der Waals surface area contributed by atoms with E-state index in [1.807, 2.05) is 30.3 Å². The third kappa shape index (κ3) is 5.21. The van der Waals surface area contributed by atoms with Crippen molar-refractivity contribution < 1.29 is 28.6 Å². The van der Waals surface area contributed by atoms with E-state index >= 15 is 0 Å². The summed E-state index contributed by atoms with van der Waals surface area (Å²) in [5.74, 6) is -1.11. The van der Waals surface area contributed by atoms with Gasteiger partial charge in [0.25, 0.3) is 0 Å². The predicted molar refractivity (Wildman–Crippen MR) is 122 cm³/mol. The molecule has 2 heterocycles. The molecule has 33 heavy (non-hydrogen) atoms. The molecule has 0 bridgehead atoms. The van der Waals surface area contributed by atoms with E-state index in [1.54, 1.807) is 39.5 Å². The van der Waals surface area contributed by atoms with Crippen molar-refractivity contribution in [3.8, 4) is 0 Å². The molecule has 2 unspecified atom stereocenters. The third-order valence-electron chi connectivity index (χ3n) is 6.09. The Kier molecular flexibility index (Phi) is 7.17. The highest BCUT2D eigenvalue weighted by Gasteiger charge is 2.48. The molecule has 8 nitrogen and oxygen atoms in total. The first-order valence-electron chi connectivity index (χ1n) is 11.2. The lowest BCUT2D eigenvalue weighted by Gasteiger charge is -2.35. The molecule has 5 atom stereocenters. The molecule has 3 rings (SSSR count). The van der Waals surface area contributed by atoms with E-state index in [4.69, 9.17) is 14.2 Å². The number of likely N-dealkylation sites (tertiary alicyclic amines) is 1. The molecule has 8 heteroatoms. The molecule has 0 saturated carbocycles. The van der Waals surface area contributed by atoms with Crippen LogP contribution in [0.3, 0.4) is 0 Å². The van der Waals surface area contributed by atoms with Crippen LogP contribution in [0.25, 0.3) is 0 Å². The lowest BCUT2D eigenvalue weighted by atomic mass is 9.93. The molecule has 1 aromatic rings. The minimum atomic E-state index is -0.708. The van der Waals surface area contributed by atoms with Crippen LogP contribution in [-0.2, 0) is 19.0 Å². The number of imide groups is 1. The van der Waals surface area contributed by atoms with E-state index in [2.05, 4.69) is 6.58 Å².